The summed E-state index contributed by atoms with van der Waals surface area (Å²) in [4.78, 5) is 11.3. The lowest BCUT2D eigenvalue weighted by Crippen LogP contribution is -2.40. The Labute approximate surface area is 120 Å². The third kappa shape index (κ3) is 2.94. The summed E-state index contributed by atoms with van der Waals surface area (Å²) in [5.41, 5.74) is 2.38. The predicted molar refractivity (Wildman–Crippen MR) is 76.0 cm³/mol. The summed E-state index contributed by atoms with van der Waals surface area (Å²) in [5, 5.41) is 0. The van der Waals surface area contributed by atoms with Gasteiger partial charge in [-0.1, -0.05) is 0 Å². The number of nitrogens with zero attached hydrogens (tertiary/aromatic N) is 3. The van der Waals surface area contributed by atoms with Crippen molar-refractivity contribution in [2.75, 3.05) is 32.9 Å². The summed E-state index contributed by atoms with van der Waals surface area (Å²) in [6, 6.07) is 0.668. The van der Waals surface area contributed by atoms with Gasteiger partial charge >= 0.3 is 0 Å². The number of aromatic nitrogens is 2. The normalized spacial score (nSPS) is 21.2. The van der Waals surface area contributed by atoms with Gasteiger partial charge in [-0.2, -0.15) is 0 Å². The highest BCUT2D eigenvalue weighted by Gasteiger charge is 2.25. The lowest BCUT2D eigenvalue weighted by atomic mass is 10.1. The van der Waals surface area contributed by atoms with Crippen LogP contribution in [-0.4, -0.2) is 53.8 Å². The van der Waals surface area contributed by atoms with Crippen molar-refractivity contribution in [1.82, 2.24) is 14.9 Å². The summed E-state index contributed by atoms with van der Waals surface area (Å²) in [5.74, 6) is 0.784. The summed E-state index contributed by atoms with van der Waals surface area (Å²) >= 11 is 0. The van der Waals surface area contributed by atoms with Crippen LogP contribution in [0.25, 0.3) is 0 Å². The Kier molecular flexibility index (Phi) is 4.47. The molecule has 0 aliphatic carbocycles. The van der Waals surface area contributed by atoms with E-state index in [1.54, 1.807) is 6.33 Å². The van der Waals surface area contributed by atoms with Gasteiger partial charge in [-0.15, -0.1) is 0 Å². The number of ether oxygens (including phenoxy) is 2. The van der Waals surface area contributed by atoms with Crippen LogP contribution < -0.4 is 4.74 Å². The fourth-order valence-corrected chi connectivity index (χ4v) is 3.19. The number of rotatable bonds is 3. The molecule has 0 spiro atoms. The molecule has 2 aliphatic heterocycles. The van der Waals surface area contributed by atoms with Gasteiger partial charge in [0.2, 0.25) is 5.88 Å². The lowest BCUT2D eigenvalue weighted by Gasteiger charge is -2.33. The van der Waals surface area contributed by atoms with E-state index in [2.05, 4.69) is 14.9 Å². The van der Waals surface area contributed by atoms with E-state index in [9.17, 15) is 0 Å². The number of fused-ring (bicyclic) bond motifs is 1. The Morgan fingerprint density at radius 2 is 2.05 bits per heavy atom. The molecule has 0 atom stereocenters. The Morgan fingerprint density at radius 3 is 2.85 bits per heavy atom. The third-order valence-electron chi connectivity index (χ3n) is 4.27. The zero-order valence-electron chi connectivity index (χ0n) is 12.2. The Bertz CT molecular complexity index is 447. The van der Waals surface area contributed by atoms with Gasteiger partial charge in [0, 0.05) is 44.3 Å². The van der Waals surface area contributed by atoms with E-state index < -0.39 is 0 Å². The molecule has 3 heterocycles. The summed E-state index contributed by atoms with van der Waals surface area (Å²) in [6.07, 6.45) is 5.92. The average Bonchev–Trinajstić information content (AvgIpc) is 2.72. The molecule has 2 aliphatic rings. The van der Waals surface area contributed by atoms with Gasteiger partial charge in [0.05, 0.1) is 12.3 Å². The van der Waals surface area contributed by atoms with Crippen molar-refractivity contribution in [3.8, 4) is 5.88 Å². The molecule has 1 saturated heterocycles. The molecule has 20 heavy (non-hydrogen) atoms. The summed E-state index contributed by atoms with van der Waals surface area (Å²) in [7, 11) is 0. The zero-order valence-corrected chi connectivity index (χ0v) is 12.2. The Morgan fingerprint density at radius 1 is 1.25 bits per heavy atom. The van der Waals surface area contributed by atoms with Crippen molar-refractivity contribution in [1.29, 1.82) is 0 Å². The van der Waals surface area contributed by atoms with Gasteiger partial charge < -0.3 is 9.47 Å². The molecule has 0 aromatic carbocycles. The first-order valence-corrected chi connectivity index (χ1v) is 7.66. The number of hydrogen-bond donors (Lipinski definition) is 0. The molecule has 3 rings (SSSR count). The van der Waals surface area contributed by atoms with E-state index in [0.29, 0.717) is 12.6 Å². The first kappa shape index (κ1) is 13.8. The average molecular weight is 277 g/mol. The molecule has 1 aromatic heterocycles. The first-order valence-electron chi connectivity index (χ1n) is 7.66. The van der Waals surface area contributed by atoms with E-state index in [1.165, 1.54) is 5.56 Å². The van der Waals surface area contributed by atoms with Gasteiger partial charge in [-0.25, -0.2) is 9.97 Å². The van der Waals surface area contributed by atoms with E-state index in [-0.39, 0.29) is 0 Å². The first-order chi connectivity index (χ1) is 9.88. The van der Waals surface area contributed by atoms with Crippen LogP contribution in [0, 0.1) is 0 Å². The minimum atomic E-state index is 0.660. The minimum absolute atomic E-state index is 0.660. The maximum atomic E-state index is 5.65. The molecule has 0 N–H and O–H groups in total. The van der Waals surface area contributed by atoms with Gasteiger partial charge in [0.25, 0.3) is 0 Å². The van der Waals surface area contributed by atoms with Gasteiger partial charge in [0.15, 0.2) is 0 Å². The molecule has 1 fully saturated rings. The van der Waals surface area contributed by atoms with Crippen LogP contribution in [0.5, 0.6) is 5.88 Å². The van der Waals surface area contributed by atoms with Crippen LogP contribution in [-0.2, 0) is 17.6 Å². The smallest absolute Gasteiger partial charge is 0.219 e. The molecular formula is C15H23N3O2. The van der Waals surface area contributed by atoms with Crippen LogP contribution >= 0.6 is 0 Å². The number of hydrogen-bond acceptors (Lipinski definition) is 5. The standard InChI is InChI=1S/C15H23N3O2/c1-2-20-15-13-3-7-18(12-5-9-19-10-6-12)8-4-14(13)16-11-17-15/h11-12H,2-10H2,1H3. The van der Waals surface area contributed by atoms with Crippen LogP contribution in [0.1, 0.15) is 31.0 Å². The quantitative estimate of drug-likeness (QED) is 0.837. The van der Waals surface area contributed by atoms with Crippen molar-refractivity contribution in [2.24, 2.45) is 0 Å². The molecule has 0 saturated carbocycles. The van der Waals surface area contributed by atoms with E-state index in [4.69, 9.17) is 9.47 Å². The Balaban J connectivity index is 1.72. The van der Waals surface area contributed by atoms with Crippen LogP contribution in [0.3, 0.4) is 0 Å². The van der Waals surface area contributed by atoms with Crippen molar-refractivity contribution in [2.45, 2.75) is 38.6 Å². The van der Waals surface area contributed by atoms with E-state index in [0.717, 1.165) is 63.6 Å². The SMILES string of the molecule is CCOc1ncnc2c1CCN(C1CCOCC1)CC2. The second-order valence-electron chi connectivity index (χ2n) is 5.42. The van der Waals surface area contributed by atoms with Crippen LogP contribution in [0.15, 0.2) is 6.33 Å². The summed E-state index contributed by atoms with van der Waals surface area (Å²) < 4.78 is 11.1. The predicted octanol–water partition coefficient (Wildman–Crippen LogP) is 1.45. The van der Waals surface area contributed by atoms with Crippen LogP contribution in [0.2, 0.25) is 0 Å². The monoisotopic (exact) mass is 277 g/mol. The highest BCUT2D eigenvalue weighted by Crippen LogP contribution is 2.24. The highest BCUT2D eigenvalue weighted by atomic mass is 16.5. The van der Waals surface area contributed by atoms with Gasteiger partial charge in [0.1, 0.15) is 6.33 Å². The maximum Gasteiger partial charge on any atom is 0.219 e. The van der Waals surface area contributed by atoms with Gasteiger partial charge in [-0.3, -0.25) is 4.90 Å². The highest BCUT2D eigenvalue weighted by molar-refractivity contribution is 5.31. The molecule has 0 radical (unpaired) electrons. The van der Waals surface area contributed by atoms with Crippen molar-refractivity contribution >= 4 is 0 Å². The molecular weight excluding hydrogens is 254 g/mol. The largest absolute Gasteiger partial charge is 0.478 e. The fraction of sp³-hybridized carbons (Fsp3) is 0.733. The topological polar surface area (TPSA) is 47.5 Å². The van der Waals surface area contributed by atoms with Crippen LogP contribution in [0.4, 0.5) is 0 Å². The van der Waals surface area contributed by atoms with Crippen molar-refractivity contribution in [3.05, 3.63) is 17.6 Å². The second kappa shape index (κ2) is 6.50. The lowest BCUT2D eigenvalue weighted by molar-refractivity contribution is 0.0355. The van der Waals surface area contributed by atoms with E-state index in [1.807, 2.05) is 6.92 Å². The Hall–Kier alpha value is -1.20. The molecule has 5 nitrogen and oxygen atoms in total. The third-order valence-corrected chi connectivity index (χ3v) is 4.27. The summed E-state index contributed by atoms with van der Waals surface area (Å²) in [6.45, 7) is 6.62. The fourth-order valence-electron chi connectivity index (χ4n) is 3.19. The molecule has 0 bridgehead atoms. The van der Waals surface area contributed by atoms with Gasteiger partial charge in [-0.05, 0) is 26.2 Å². The second-order valence-corrected chi connectivity index (χ2v) is 5.42. The van der Waals surface area contributed by atoms with Crippen molar-refractivity contribution in [3.63, 3.8) is 0 Å². The molecule has 5 heteroatoms. The minimum Gasteiger partial charge on any atom is -0.478 e. The molecule has 1 aromatic rings. The van der Waals surface area contributed by atoms with E-state index >= 15 is 0 Å². The van der Waals surface area contributed by atoms with Crippen molar-refractivity contribution < 1.29 is 9.47 Å². The maximum absolute atomic E-state index is 5.65. The zero-order chi connectivity index (χ0) is 13.8. The molecule has 110 valence electrons. The molecule has 0 unspecified atom stereocenters. The molecule has 0 amide bonds.